The molecule has 0 saturated heterocycles. The summed E-state index contributed by atoms with van der Waals surface area (Å²) in [6, 6.07) is 2.09. The number of rotatable bonds is 0. The van der Waals surface area contributed by atoms with Gasteiger partial charge in [0.05, 0.1) is 0 Å². The van der Waals surface area contributed by atoms with E-state index in [1.165, 1.54) is 11.1 Å². The summed E-state index contributed by atoms with van der Waals surface area (Å²) in [7, 11) is 0. The van der Waals surface area contributed by atoms with Crippen LogP contribution < -0.4 is 0 Å². The van der Waals surface area contributed by atoms with Crippen LogP contribution in [-0.4, -0.2) is 17.7 Å². The molecule has 2 heteroatoms. The number of aliphatic imine (C=N–C) groups is 1. The molecule has 62 valence electrons. The quantitative estimate of drug-likeness (QED) is 0.567. The summed E-state index contributed by atoms with van der Waals surface area (Å²) < 4.78 is 0. The molecule has 0 aromatic carbocycles. The van der Waals surface area contributed by atoms with Crippen molar-refractivity contribution in [2.45, 2.75) is 13.3 Å². The normalized spacial score (nSPS) is 21.6. The van der Waals surface area contributed by atoms with Crippen LogP contribution in [0.25, 0.3) is 0 Å². The molecule has 12 heavy (non-hydrogen) atoms. The maximum Gasteiger partial charge on any atom is 0.0418 e. The smallest absolute Gasteiger partial charge is 0.0418 e. The summed E-state index contributed by atoms with van der Waals surface area (Å²) in [6.07, 6.45) is 6.80. The molecule has 2 heterocycles. The van der Waals surface area contributed by atoms with Gasteiger partial charge in [0.2, 0.25) is 0 Å². The average Bonchev–Trinajstić information content (AvgIpc) is 2.25. The summed E-state index contributed by atoms with van der Waals surface area (Å²) in [4.78, 5) is 8.40. The molecule has 0 radical (unpaired) electrons. The fourth-order valence-corrected chi connectivity index (χ4v) is 1.51. The van der Waals surface area contributed by atoms with Gasteiger partial charge in [-0.15, -0.1) is 0 Å². The van der Waals surface area contributed by atoms with E-state index in [0.29, 0.717) is 5.92 Å². The third kappa shape index (κ3) is 1.37. The van der Waals surface area contributed by atoms with Crippen LogP contribution in [0.2, 0.25) is 0 Å². The van der Waals surface area contributed by atoms with Crippen LogP contribution in [0.4, 0.5) is 0 Å². The molecule has 2 rings (SSSR count). The summed E-state index contributed by atoms with van der Waals surface area (Å²) in [5, 5.41) is 0. The second-order valence-corrected chi connectivity index (χ2v) is 3.38. The van der Waals surface area contributed by atoms with Crippen LogP contribution in [0.3, 0.4) is 0 Å². The molecule has 2 nitrogen and oxygen atoms in total. The van der Waals surface area contributed by atoms with Gasteiger partial charge in [-0.2, -0.15) is 0 Å². The van der Waals surface area contributed by atoms with Crippen LogP contribution in [0.15, 0.2) is 23.5 Å². The Morgan fingerprint density at radius 1 is 1.50 bits per heavy atom. The molecule has 0 amide bonds. The highest BCUT2D eigenvalue weighted by molar-refractivity contribution is 5.81. The van der Waals surface area contributed by atoms with Crippen molar-refractivity contribution in [1.82, 2.24) is 4.98 Å². The molecule has 1 aliphatic heterocycles. The van der Waals surface area contributed by atoms with Gasteiger partial charge in [-0.05, 0) is 24.0 Å². The summed E-state index contributed by atoms with van der Waals surface area (Å²) in [5.41, 5.74) is 2.56. The Morgan fingerprint density at radius 2 is 2.42 bits per heavy atom. The molecule has 1 aromatic heterocycles. The Balaban J connectivity index is 2.41. The van der Waals surface area contributed by atoms with Crippen LogP contribution in [-0.2, 0) is 6.42 Å². The van der Waals surface area contributed by atoms with Crippen LogP contribution in [0.1, 0.15) is 18.1 Å². The lowest BCUT2D eigenvalue weighted by Gasteiger charge is -2.05. The molecular weight excluding hydrogens is 148 g/mol. The Labute approximate surface area is 72.4 Å². The summed E-state index contributed by atoms with van der Waals surface area (Å²) in [5.74, 6) is 0.657. The van der Waals surface area contributed by atoms with Crippen LogP contribution in [0.5, 0.6) is 0 Å². The minimum absolute atomic E-state index is 0.657. The largest absolute Gasteiger partial charge is 0.292 e. The van der Waals surface area contributed by atoms with Crippen molar-refractivity contribution in [1.29, 1.82) is 0 Å². The molecular formula is C10H12N2. The lowest BCUT2D eigenvalue weighted by atomic mass is 10.0. The fourth-order valence-electron chi connectivity index (χ4n) is 1.51. The van der Waals surface area contributed by atoms with Crippen molar-refractivity contribution in [3.05, 3.63) is 29.6 Å². The molecule has 0 aliphatic carbocycles. The SMILES string of the molecule is CC1CN=Cc2cnccc2C1. The predicted molar refractivity (Wildman–Crippen MR) is 49.6 cm³/mol. The highest BCUT2D eigenvalue weighted by atomic mass is 14.7. The van der Waals surface area contributed by atoms with Crippen molar-refractivity contribution in [3.63, 3.8) is 0 Å². The van der Waals surface area contributed by atoms with Gasteiger partial charge in [-0.3, -0.25) is 9.98 Å². The second-order valence-electron chi connectivity index (χ2n) is 3.38. The topological polar surface area (TPSA) is 25.2 Å². The van der Waals surface area contributed by atoms with Crippen molar-refractivity contribution in [2.75, 3.05) is 6.54 Å². The minimum atomic E-state index is 0.657. The minimum Gasteiger partial charge on any atom is -0.292 e. The third-order valence-corrected chi connectivity index (χ3v) is 2.16. The van der Waals surface area contributed by atoms with E-state index in [9.17, 15) is 0 Å². The first-order valence-corrected chi connectivity index (χ1v) is 4.29. The molecule has 0 spiro atoms. The van der Waals surface area contributed by atoms with E-state index < -0.39 is 0 Å². The summed E-state index contributed by atoms with van der Waals surface area (Å²) >= 11 is 0. The number of nitrogens with zero attached hydrogens (tertiary/aromatic N) is 2. The van der Waals surface area contributed by atoms with Gasteiger partial charge in [-0.25, -0.2) is 0 Å². The molecule has 0 bridgehead atoms. The van der Waals surface area contributed by atoms with E-state index in [2.05, 4.69) is 23.0 Å². The lowest BCUT2D eigenvalue weighted by molar-refractivity contribution is 0.600. The van der Waals surface area contributed by atoms with Gasteiger partial charge in [0.1, 0.15) is 0 Å². The van der Waals surface area contributed by atoms with E-state index >= 15 is 0 Å². The Morgan fingerprint density at radius 3 is 3.33 bits per heavy atom. The van der Waals surface area contributed by atoms with Crippen molar-refractivity contribution >= 4 is 6.21 Å². The number of hydrogen-bond donors (Lipinski definition) is 0. The van der Waals surface area contributed by atoms with E-state index in [-0.39, 0.29) is 0 Å². The van der Waals surface area contributed by atoms with Crippen LogP contribution in [0, 0.1) is 5.92 Å². The molecule has 1 unspecified atom stereocenters. The van der Waals surface area contributed by atoms with Gasteiger partial charge in [-0.1, -0.05) is 6.92 Å². The first kappa shape index (κ1) is 7.47. The van der Waals surface area contributed by atoms with Gasteiger partial charge >= 0.3 is 0 Å². The molecule has 1 aromatic rings. The van der Waals surface area contributed by atoms with E-state index in [1.807, 2.05) is 18.6 Å². The maximum absolute atomic E-state index is 4.33. The maximum atomic E-state index is 4.33. The van der Waals surface area contributed by atoms with Crippen LogP contribution >= 0.6 is 0 Å². The lowest BCUT2D eigenvalue weighted by Crippen LogP contribution is -2.02. The van der Waals surface area contributed by atoms with Gasteiger partial charge in [0, 0.05) is 30.7 Å². The molecule has 1 aliphatic rings. The predicted octanol–water partition coefficient (Wildman–Crippen LogP) is 1.69. The molecule has 1 atom stereocenters. The zero-order valence-corrected chi connectivity index (χ0v) is 7.20. The average molecular weight is 160 g/mol. The first-order chi connectivity index (χ1) is 5.86. The highest BCUT2D eigenvalue weighted by Gasteiger charge is 2.09. The highest BCUT2D eigenvalue weighted by Crippen LogP contribution is 2.14. The Kier molecular flexibility index (Phi) is 1.90. The molecule has 0 N–H and O–H groups in total. The van der Waals surface area contributed by atoms with Crippen molar-refractivity contribution in [2.24, 2.45) is 10.9 Å². The van der Waals surface area contributed by atoms with E-state index in [0.717, 1.165) is 13.0 Å². The van der Waals surface area contributed by atoms with Gasteiger partial charge in [0.15, 0.2) is 0 Å². The zero-order valence-electron chi connectivity index (χ0n) is 7.20. The monoisotopic (exact) mass is 160 g/mol. The standard InChI is InChI=1S/C10H12N2/c1-8-4-9-2-3-11-6-10(9)7-12-5-8/h2-3,6-8H,4-5H2,1H3. The van der Waals surface area contributed by atoms with Gasteiger partial charge < -0.3 is 0 Å². The second kappa shape index (κ2) is 3.05. The number of fused-ring (bicyclic) bond motifs is 1. The fraction of sp³-hybridized carbons (Fsp3) is 0.400. The zero-order chi connectivity index (χ0) is 8.39. The van der Waals surface area contributed by atoms with E-state index in [4.69, 9.17) is 0 Å². The van der Waals surface area contributed by atoms with E-state index in [1.54, 1.807) is 0 Å². The molecule has 0 saturated carbocycles. The Hall–Kier alpha value is -1.18. The number of pyridine rings is 1. The number of hydrogen-bond acceptors (Lipinski definition) is 2. The van der Waals surface area contributed by atoms with Crippen molar-refractivity contribution in [3.8, 4) is 0 Å². The molecule has 0 fully saturated rings. The third-order valence-electron chi connectivity index (χ3n) is 2.16. The first-order valence-electron chi connectivity index (χ1n) is 4.29. The Bertz CT molecular complexity index is 304. The summed E-state index contributed by atoms with van der Waals surface area (Å²) in [6.45, 7) is 3.17. The van der Waals surface area contributed by atoms with Crippen molar-refractivity contribution < 1.29 is 0 Å². The number of aromatic nitrogens is 1. The van der Waals surface area contributed by atoms with Gasteiger partial charge in [0.25, 0.3) is 0 Å².